The van der Waals surface area contributed by atoms with E-state index >= 15 is 0 Å². The Morgan fingerprint density at radius 1 is 0.900 bits per heavy atom. The Labute approximate surface area is 180 Å². The van der Waals surface area contributed by atoms with Crippen molar-refractivity contribution in [2.24, 2.45) is 11.7 Å². The second kappa shape index (κ2) is 9.60. The molecule has 2 aromatic carbocycles. The van der Waals surface area contributed by atoms with Gasteiger partial charge < -0.3 is 10.6 Å². The number of fused-ring (bicyclic) bond motifs is 1. The number of piperidine rings is 2. The molecule has 2 aliphatic rings. The van der Waals surface area contributed by atoms with Gasteiger partial charge in [0.1, 0.15) is 0 Å². The zero-order chi connectivity index (χ0) is 21.0. The maximum atomic E-state index is 13.3. The molecule has 2 heterocycles. The molecule has 0 spiro atoms. The predicted molar refractivity (Wildman–Crippen MR) is 121 cm³/mol. The minimum Gasteiger partial charge on any atom is -0.322 e. The summed E-state index contributed by atoms with van der Waals surface area (Å²) in [5, 5.41) is 0. The zero-order valence-corrected chi connectivity index (χ0v) is 18.3. The molecule has 2 saturated heterocycles. The summed E-state index contributed by atoms with van der Waals surface area (Å²) in [5.74, 6) is 0.375. The lowest BCUT2D eigenvalue weighted by molar-refractivity contribution is 0.0684. The Bertz CT molecular complexity index is 903. The van der Waals surface area contributed by atoms with Crippen molar-refractivity contribution in [2.75, 3.05) is 18.8 Å². The summed E-state index contributed by atoms with van der Waals surface area (Å²) in [6, 6.07) is 18.8. The van der Waals surface area contributed by atoms with Crippen molar-refractivity contribution in [3.05, 3.63) is 71.8 Å². The van der Waals surface area contributed by atoms with Crippen LogP contribution in [0.3, 0.4) is 0 Å². The van der Waals surface area contributed by atoms with Crippen LogP contribution in [0.2, 0.25) is 0 Å². The van der Waals surface area contributed by atoms with Gasteiger partial charge in [0.15, 0.2) is 0 Å². The van der Waals surface area contributed by atoms with Crippen molar-refractivity contribution in [1.29, 1.82) is 0 Å². The first-order valence-electron chi connectivity index (χ1n) is 11.1. The second-order valence-corrected chi connectivity index (χ2v) is 10.5. The summed E-state index contributed by atoms with van der Waals surface area (Å²) in [4.78, 5) is 2.51. The Balaban J connectivity index is 1.54. The van der Waals surface area contributed by atoms with E-state index in [0.717, 1.165) is 43.5 Å². The van der Waals surface area contributed by atoms with E-state index in [-0.39, 0.29) is 11.7 Å². The standard InChI is InChI=1S/C24H33N3O2S/c25-23(19-10-3-1-4-11-19)24(20-12-5-2-6-13-20)26-30(28,29)18-21-14-9-17-27-16-8-7-15-22(21)27/h1-6,10-13,21-24,26H,7-9,14-18,25H2. The molecule has 0 bridgehead atoms. The lowest BCUT2D eigenvalue weighted by Gasteiger charge is -2.44. The van der Waals surface area contributed by atoms with E-state index in [2.05, 4.69) is 9.62 Å². The van der Waals surface area contributed by atoms with Crippen molar-refractivity contribution in [3.8, 4) is 0 Å². The monoisotopic (exact) mass is 427 g/mol. The number of hydrogen-bond donors (Lipinski definition) is 2. The number of nitrogens with one attached hydrogen (secondary N) is 1. The van der Waals surface area contributed by atoms with Crippen molar-refractivity contribution in [1.82, 2.24) is 9.62 Å². The van der Waals surface area contributed by atoms with E-state index in [0.29, 0.717) is 6.04 Å². The van der Waals surface area contributed by atoms with Crippen molar-refractivity contribution < 1.29 is 8.42 Å². The highest BCUT2D eigenvalue weighted by molar-refractivity contribution is 7.89. The van der Waals surface area contributed by atoms with Crippen LogP contribution >= 0.6 is 0 Å². The summed E-state index contributed by atoms with van der Waals surface area (Å²) in [5.41, 5.74) is 8.39. The van der Waals surface area contributed by atoms with Gasteiger partial charge in [-0.2, -0.15) is 0 Å². The molecular formula is C24H33N3O2S. The van der Waals surface area contributed by atoms with Crippen LogP contribution in [0.15, 0.2) is 60.7 Å². The van der Waals surface area contributed by atoms with Crippen molar-refractivity contribution >= 4 is 10.0 Å². The van der Waals surface area contributed by atoms with Gasteiger partial charge in [-0.25, -0.2) is 13.1 Å². The lowest BCUT2D eigenvalue weighted by Crippen LogP contribution is -2.51. The number of hydrogen-bond acceptors (Lipinski definition) is 4. The molecule has 6 heteroatoms. The van der Waals surface area contributed by atoms with Gasteiger partial charge in [0.25, 0.3) is 0 Å². The van der Waals surface area contributed by atoms with Crippen LogP contribution in [0.25, 0.3) is 0 Å². The largest absolute Gasteiger partial charge is 0.322 e. The Hall–Kier alpha value is -1.73. The quantitative estimate of drug-likeness (QED) is 0.708. The number of sulfonamides is 1. The van der Waals surface area contributed by atoms with Crippen LogP contribution in [-0.4, -0.2) is 38.2 Å². The summed E-state index contributed by atoms with van der Waals surface area (Å²) >= 11 is 0. The Morgan fingerprint density at radius 2 is 1.53 bits per heavy atom. The van der Waals surface area contributed by atoms with Crippen LogP contribution in [0.1, 0.15) is 55.3 Å². The predicted octanol–water partition coefficient (Wildman–Crippen LogP) is 3.61. The van der Waals surface area contributed by atoms with Crippen LogP contribution in [0.4, 0.5) is 0 Å². The first kappa shape index (κ1) is 21.5. The van der Waals surface area contributed by atoms with Gasteiger partial charge in [0, 0.05) is 6.04 Å². The van der Waals surface area contributed by atoms with E-state index in [1.807, 2.05) is 60.7 Å². The number of nitrogens with zero attached hydrogens (tertiary/aromatic N) is 1. The Morgan fingerprint density at radius 3 is 2.23 bits per heavy atom. The molecule has 4 unspecified atom stereocenters. The van der Waals surface area contributed by atoms with E-state index in [1.54, 1.807) is 0 Å². The Kier molecular flexibility index (Phi) is 6.88. The average Bonchev–Trinajstić information content (AvgIpc) is 2.78. The van der Waals surface area contributed by atoms with E-state index in [4.69, 9.17) is 5.73 Å². The lowest BCUT2D eigenvalue weighted by atomic mass is 9.85. The maximum Gasteiger partial charge on any atom is 0.212 e. The highest BCUT2D eigenvalue weighted by atomic mass is 32.2. The number of benzene rings is 2. The third-order valence-corrected chi connectivity index (χ3v) is 8.15. The summed E-state index contributed by atoms with van der Waals surface area (Å²) in [6.07, 6.45) is 5.63. The minimum atomic E-state index is -3.49. The summed E-state index contributed by atoms with van der Waals surface area (Å²) in [6.45, 7) is 2.22. The van der Waals surface area contributed by atoms with Gasteiger partial charge in [-0.05, 0) is 55.8 Å². The fourth-order valence-electron chi connectivity index (χ4n) is 5.17. The SMILES string of the molecule is NC(c1ccccc1)C(NS(=O)(=O)CC1CCCN2CCCCC12)c1ccccc1. The van der Waals surface area contributed by atoms with Crippen molar-refractivity contribution in [3.63, 3.8) is 0 Å². The molecule has 0 aliphatic carbocycles. The normalized spacial score (nSPS) is 24.7. The molecule has 162 valence electrons. The third-order valence-electron chi connectivity index (χ3n) is 6.67. The zero-order valence-electron chi connectivity index (χ0n) is 17.5. The molecule has 30 heavy (non-hydrogen) atoms. The fraction of sp³-hybridized carbons (Fsp3) is 0.500. The molecule has 2 aromatic rings. The fourth-order valence-corrected chi connectivity index (χ4v) is 6.89. The highest BCUT2D eigenvalue weighted by Crippen LogP contribution is 2.33. The van der Waals surface area contributed by atoms with E-state index in [1.165, 1.54) is 12.8 Å². The van der Waals surface area contributed by atoms with Crippen LogP contribution in [0, 0.1) is 5.92 Å². The van der Waals surface area contributed by atoms with Crippen LogP contribution in [-0.2, 0) is 10.0 Å². The molecule has 0 amide bonds. The summed E-state index contributed by atoms with van der Waals surface area (Å²) in [7, 11) is -3.49. The molecule has 2 aliphatic heterocycles. The molecule has 0 saturated carbocycles. The smallest absolute Gasteiger partial charge is 0.212 e. The van der Waals surface area contributed by atoms with Crippen molar-refractivity contribution in [2.45, 2.75) is 50.2 Å². The molecule has 5 nitrogen and oxygen atoms in total. The molecule has 4 rings (SSSR count). The molecule has 2 fully saturated rings. The number of rotatable bonds is 7. The van der Waals surface area contributed by atoms with Crippen LogP contribution < -0.4 is 10.5 Å². The topological polar surface area (TPSA) is 75.4 Å². The molecular weight excluding hydrogens is 394 g/mol. The first-order valence-corrected chi connectivity index (χ1v) is 12.8. The highest BCUT2D eigenvalue weighted by Gasteiger charge is 2.36. The number of nitrogens with two attached hydrogens (primary N) is 1. The van der Waals surface area contributed by atoms with Gasteiger partial charge in [0.2, 0.25) is 10.0 Å². The van der Waals surface area contributed by atoms with Gasteiger partial charge in [0.05, 0.1) is 17.8 Å². The van der Waals surface area contributed by atoms with E-state index in [9.17, 15) is 8.42 Å². The average molecular weight is 428 g/mol. The third kappa shape index (κ3) is 5.11. The minimum absolute atomic E-state index is 0.180. The second-order valence-electron chi connectivity index (χ2n) is 8.73. The first-order chi connectivity index (χ1) is 14.5. The van der Waals surface area contributed by atoms with Gasteiger partial charge in [-0.3, -0.25) is 0 Å². The van der Waals surface area contributed by atoms with Gasteiger partial charge in [-0.1, -0.05) is 67.1 Å². The van der Waals surface area contributed by atoms with Gasteiger partial charge >= 0.3 is 0 Å². The molecule has 3 N–H and O–H groups in total. The molecule has 4 atom stereocenters. The van der Waals surface area contributed by atoms with E-state index < -0.39 is 22.1 Å². The summed E-state index contributed by atoms with van der Waals surface area (Å²) < 4.78 is 29.6. The molecule has 0 radical (unpaired) electrons. The van der Waals surface area contributed by atoms with Gasteiger partial charge in [-0.15, -0.1) is 0 Å². The van der Waals surface area contributed by atoms with Crippen LogP contribution in [0.5, 0.6) is 0 Å². The molecule has 0 aromatic heterocycles. The maximum absolute atomic E-state index is 13.3.